The van der Waals surface area contributed by atoms with Gasteiger partial charge in [0.05, 0.1) is 0 Å². The van der Waals surface area contributed by atoms with E-state index in [1.54, 1.807) is 11.3 Å². The van der Waals surface area contributed by atoms with Crippen LogP contribution in [0.25, 0.3) is 0 Å². The van der Waals surface area contributed by atoms with Gasteiger partial charge in [0.25, 0.3) is 0 Å². The van der Waals surface area contributed by atoms with E-state index in [0.29, 0.717) is 0 Å². The van der Waals surface area contributed by atoms with Crippen LogP contribution in [0.1, 0.15) is 31.6 Å². The summed E-state index contributed by atoms with van der Waals surface area (Å²) in [7, 11) is 0. The predicted octanol–water partition coefficient (Wildman–Crippen LogP) is 2.99. The molecule has 0 amide bonds. The Balaban J connectivity index is 0.000000606. The number of anilines is 1. The van der Waals surface area contributed by atoms with Gasteiger partial charge in [-0.15, -0.1) is 11.3 Å². The van der Waals surface area contributed by atoms with Crippen LogP contribution in [-0.2, 0) is 0 Å². The third kappa shape index (κ3) is 4.49. The molecule has 0 bridgehead atoms. The highest BCUT2D eigenvalue weighted by Gasteiger charge is 2.10. The highest BCUT2D eigenvalue weighted by atomic mass is 32.1. The largest absolute Gasteiger partial charge is 0.360 e. The summed E-state index contributed by atoms with van der Waals surface area (Å²) in [6.45, 7) is 10.8. The Hall–Kier alpha value is -0.610. The lowest BCUT2D eigenvalue weighted by atomic mass is 10.4. The number of aryl methyl sites for hydroxylation is 1. The first-order valence-electron chi connectivity index (χ1n) is 6.23. The van der Waals surface area contributed by atoms with E-state index in [2.05, 4.69) is 22.1 Å². The standard InChI is InChI=1S/C10H17N3S.C2H6/c1-9-8-12-10(14-9)11-4-7-13-5-2-3-6-13;1-2/h8H,2-7H2,1H3,(H,11,12);1-2H3. The summed E-state index contributed by atoms with van der Waals surface area (Å²) >= 11 is 1.73. The highest BCUT2D eigenvalue weighted by molar-refractivity contribution is 7.15. The molecule has 0 atom stereocenters. The Labute approximate surface area is 103 Å². The van der Waals surface area contributed by atoms with Crippen LogP contribution in [0.3, 0.4) is 0 Å². The normalized spacial score (nSPS) is 15.7. The fraction of sp³-hybridized carbons (Fsp3) is 0.750. The van der Waals surface area contributed by atoms with E-state index in [1.165, 1.54) is 30.8 Å². The maximum absolute atomic E-state index is 4.27. The molecule has 0 aromatic carbocycles. The van der Waals surface area contributed by atoms with Gasteiger partial charge < -0.3 is 10.2 Å². The molecule has 4 heteroatoms. The minimum Gasteiger partial charge on any atom is -0.360 e. The number of nitrogens with zero attached hydrogens (tertiary/aromatic N) is 2. The van der Waals surface area contributed by atoms with E-state index < -0.39 is 0 Å². The van der Waals surface area contributed by atoms with Crippen LogP contribution >= 0.6 is 11.3 Å². The highest BCUT2D eigenvalue weighted by Crippen LogP contribution is 2.16. The lowest BCUT2D eigenvalue weighted by molar-refractivity contribution is 0.352. The second-order valence-electron chi connectivity index (χ2n) is 3.75. The number of thiazole rings is 1. The molecule has 92 valence electrons. The average molecular weight is 241 g/mol. The molecule has 1 fully saturated rings. The summed E-state index contributed by atoms with van der Waals surface area (Å²) in [5, 5.41) is 4.42. The smallest absolute Gasteiger partial charge is 0.182 e. The molecule has 0 unspecified atom stereocenters. The minimum atomic E-state index is 1.02. The number of likely N-dealkylation sites (tertiary alicyclic amines) is 1. The molecule has 0 saturated carbocycles. The Kier molecular flexibility index (Phi) is 6.42. The molecule has 3 nitrogen and oxygen atoms in total. The maximum Gasteiger partial charge on any atom is 0.182 e. The van der Waals surface area contributed by atoms with Crippen molar-refractivity contribution in [3.63, 3.8) is 0 Å². The van der Waals surface area contributed by atoms with Crippen LogP contribution < -0.4 is 5.32 Å². The van der Waals surface area contributed by atoms with E-state index in [1.807, 2.05) is 20.0 Å². The Morgan fingerprint density at radius 2 is 2.06 bits per heavy atom. The van der Waals surface area contributed by atoms with Gasteiger partial charge in [-0.3, -0.25) is 0 Å². The molecule has 1 aromatic heterocycles. The third-order valence-electron chi connectivity index (χ3n) is 2.52. The van der Waals surface area contributed by atoms with Crippen molar-refractivity contribution in [3.8, 4) is 0 Å². The summed E-state index contributed by atoms with van der Waals surface area (Å²) < 4.78 is 0. The van der Waals surface area contributed by atoms with Crippen LogP contribution in [0, 0.1) is 6.92 Å². The summed E-state index contributed by atoms with van der Waals surface area (Å²) in [6.07, 6.45) is 4.66. The summed E-state index contributed by atoms with van der Waals surface area (Å²) in [4.78, 5) is 8.05. The zero-order chi connectivity index (χ0) is 11.8. The Bertz CT molecular complexity index is 280. The van der Waals surface area contributed by atoms with Gasteiger partial charge in [0.15, 0.2) is 5.13 Å². The van der Waals surface area contributed by atoms with Crippen molar-refractivity contribution in [1.82, 2.24) is 9.88 Å². The number of hydrogen-bond donors (Lipinski definition) is 1. The number of nitrogens with one attached hydrogen (secondary N) is 1. The van der Waals surface area contributed by atoms with Crippen molar-refractivity contribution in [3.05, 3.63) is 11.1 Å². The number of aromatic nitrogens is 1. The van der Waals surface area contributed by atoms with E-state index in [4.69, 9.17) is 0 Å². The monoisotopic (exact) mass is 241 g/mol. The van der Waals surface area contributed by atoms with Gasteiger partial charge in [-0.1, -0.05) is 13.8 Å². The Morgan fingerprint density at radius 1 is 1.38 bits per heavy atom. The molecule has 0 spiro atoms. The molecule has 16 heavy (non-hydrogen) atoms. The molecular formula is C12H23N3S. The van der Waals surface area contributed by atoms with Crippen molar-refractivity contribution in [1.29, 1.82) is 0 Å². The van der Waals surface area contributed by atoms with Gasteiger partial charge in [-0.05, 0) is 32.9 Å². The van der Waals surface area contributed by atoms with Crippen molar-refractivity contribution < 1.29 is 0 Å². The van der Waals surface area contributed by atoms with Crippen molar-refractivity contribution in [2.24, 2.45) is 0 Å². The van der Waals surface area contributed by atoms with Gasteiger partial charge in [0.2, 0.25) is 0 Å². The zero-order valence-electron chi connectivity index (χ0n) is 10.6. The summed E-state index contributed by atoms with van der Waals surface area (Å²) in [5.41, 5.74) is 0. The minimum absolute atomic E-state index is 1.02. The fourth-order valence-corrected chi connectivity index (χ4v) is 2.45. The molecule has 1 saturated heterocycles. The third-order valence-corrected chi connectivity index (χ3v) is 3.39. The first kappa shape index (κ1) is 13.5. The molecule has 0 radical (unpaired) electrons. The first-order chi connectivity index (χ1) is 7.84. The lowest BCUT2D eigenvalue weighted by Crippen LogP contribution is -2.25. The topological polar surface area (TPSA) is 28.2 Å². The van der Waals surface area contributed by atoms with Crippen LogP contribution in [0.15, 0.2) is 6.20 Å². The molecular weight excluding hydrogens is 218 g/mol. The van der Waals surface area contributed by atoms with Crippen LogP contribution in [0.2, 0.25) is 0 Å². The van der Waals surface area contributed by atoms with E-state index in [0.717, 1.165) is 18.2 Å². The van der Waals surface area contributed by atoms with Crippen molar-refractivity contribution in [2.45, 2.75) is 33.6 Å². The lowest BCUT2D eigenvalue weighted by Gasteiger charge is -2.13. The molecule has 1 aliphatic heterocycles. The van der Waals surface area contributed by atoms with Gasteiger partial charge in [-0.2, -0.15) is 0 Å². The average Bonchev–Trinajstić information content (AvgIpc) is 2.93. The fourth-order valence-electron chi connectivity index (χ4n) is 1.76. The zero-order valence-corrected chi connectivity index (χ0v) is 11.4. The maximum atomic E-state index is 4.27. The Morgan fingerprint density at radius 3 is 2.62 bits per heavy atom. The quantitative estimate of drug-likeness (QED) is 0.878. The van der Waals surface area contributed by atoms with Gasteiger partial charge in [-0.25, -0.2) is 4.98 Å². The number of rotatable bonds is 4. The van der Waals surface area contributed by atoms with Crippen molar-refractivity contribution in [2.75, 3.05) is 31.5 Å². The molecule has 2 rings (SSSR count). The van der Waals surface area contributed by atoms with Gasteiger partial charge in [0, 0.05) is 24.2 Å². The molecule has 1 aliphatic rings. The molecule has 1 N–H and O–H groups in total. The van der Waals surface area contributed by atoms with E-state index in [9.17, 15) is 0 Å². The predicted molar refractivity (Wildman–Crippen MR) is 72.4 cm³/mol. The van der Waals surface area contributed by atoms with Crippen LogP contribution in [0.4, 0.5) is 5.13 Å². The SMILES string of the molecule is CC.Cc1cnc(NCCN2CCCC2)s1. The second-order valence-corrected chi connectivity index (χ2v) is 4.99. The summed E-state index contributed by atoms with van der Waals surface area (Å²) in [5.74, 6) is 0. The van der Waals surface area contributed by atoms with Crippen LogP contribution in [-0.4, -0.2) is 36.1 Å². The molecule has 2 heterocycles. The summed E-state index contributed by atoms with van der Waals surface area (Å²) in [6, 6.07) is 0. The molecule has 0 aliphatic carbocycles. The van der Waals surface area contributed by atoms with E-state index in [-0.39, 0.29) is 0 Å². The molecule has 1 aromatic rings. The second kappa shape index (κ2) is 7.63. The van der Waals surface area contributed by atoms with E-state index >= 15 is 0 Å². The van der Waals surface area contributed by atoms with Gasteiger partial charge in [0.1, 0.15) is 0 Å². The van der Waals surface area contributed by atoms with Crippen molar-refractivity contribution >= 4 is 16.5 Å². The first-order valence-corrected chi connectivity index (χ1v) is 7.05. The van der Waals surface area contributed by atoms with Crippen LogP contribution in [0.5, 0.6) is 0 Å². The number of hydrogen-bond acceptors (Lipinski definition) is 4. The van der Waals surface area contributed by atoms with Gasteiger partial charge >= 0.3 is 0 Å².